The molecule has 0 unspecified atom stereocenters. The minimum Gasteiger partial charge on any atom is -0.497 e. The zero-order chi connectivity index (χ0) is 21.4. The third-order valence-electron chi connectivity index (χ3n) is 5.64. The standard InChI is InChI=1S/C25H20N2O4/c1-30-20-13-8-18(9-14-20)25-26-24(17-6-11-19(12-7-17)27(28)29)23-21-5-3-2-4-16(21)10-15-22(23)31-25/h2-15,24-26H,1H3/t24-,25+/m0/s1. The molecule has 0 saturated carbocycles. The molecular formula is C25H20N2O4. The van der Waals surface area contributed by atoms with Crippen molar-refractivity contribution in [1.29, 1.82) is 0 Å². The monoisotopic (exact) mass is 412 g/mol. The molecular weight excluding hydrogens is 392 g/mol. The molecule has 154 valence electrons. The van der Waals surface area contributed by atoms with Crippen LogP contribution in [0.4, 0.5) is 5.69 Å². The highest BCUT2D eigenvalue weighted by molar-refractivity contribution is 5.89. The van der Waals surface area contributed by atoms with E-state index in [1.54, 1.807) is 31.4 Å². The molecule has 6 nitrogen and oxygen atoms in total. The van der Waals surface area contributed by atoms with Crippen LogP contribution in [0.3, 0.4) is 0 Å². The lowest BCUT2D eigenvalue weighted by molar-refractivity contribution is -0.384. The fourth-order valence-corrected chi connectivity index (χ4v) is 4.07. The quantitative estimate of drug-likeness (QED) is 0.353. The first-order valence-corrected chi connectivity index (χ1v) is 9.97. The number of hydrogen-bond donors (Lipinski definition) is 1. The number of non-ortho nitro benzene ring substituents is 1. The van der Waals surface area contributed by atoms with Gasteiger partial charge in [0.2, 0.25) is 0 Å². The van der Waals surface area contributed by atoms with Crippen molar-refractivity contribution in [3.63, 3.8) is 0 Å². The highest BCUT2D eigenvalue weighted by atomic mass is 16.6. The van der Waals surface area contributed by atoms with Crippen LogP contribution in [0, 0.1) is 10.1 Å². The van der Waals surface area contributed by atoms with Gasteiger partial charge in [0.15, 0.2) is 6.23 Å². The Morgan fingerprint density at radius 3 is 2.32 bits per heavy atom. The second-order valence-corrected chi connectivity index (χ2v) is 7.42. The average molecular weight is 412 g/mol. The number of nitro benzene ring substituents is 1. The largest absolute Gasteiger partial charge is 0.497 e. The molecule has 0 aromatic heterocycles. The molecule has 1 N–H and O–H groups in total. The second kappa shape index (κ2) is 7.74. The van der Waals surface area contributed by atoms with Gasteiger partial charge in [-0.3, -0.25) is 15.4 Å². The van der Waals surface area contributed by atoms with Crippen molar-refractivity contribution in [2.75, 3.05) is 7.11 Å². The molecule has 0 amide bonds. The van der Waals surface area contributed by atoms with Crippen LogP contribution < -0.4 is 14.8 Å². The zero-order valence-electron chi connectivity index (χ0n) is 16.8. The number of nitrogens with one attached hydrogen (secondary N) is 1. The number of fused-ring (bicyclic) bond motifs is 3. The van der Waals surface area contributed by atoms with Gasteiger partial charge in [0.1, 0.15) is 11.5 Å². The Balaban J connectivity index is 1.63. The number of rotatable bonds is 4. The lowest BCUT2D eigenvalue weighted by atomic mass is 9.91. The van der Waals surface area contributed by atoms with Crippen LogP contribution in [0.15, 0.2) is 84.9 Å². The first-order chi connectivity index (χ1) is 15.1. The van der Waals surface area contributed by atoms with Crippen molar-refractivity contribution in [1.82, 2.24) is 5.32 Å². The number of methoxy groups -OCH3 is 1. The Kier molecular flexibility index (Phi) is 4.76. The van der Waals surface area contributed by atoms with Gasteiger partial charge in [0, 0.05) is 23.3 Å². The van der Waals surface area contributed by atoms with E-state index >= 15 is 0 Å². The summed E-state index contributed by atoms with van der Waals surface area (Å²) in [5.74, 6) is 1.57. The average Bonchev–Trinajstić information content (AvgIpc) is 2.83. The van der Waals surface area contributed by atoms with Crippen molar-refractivity contribution < 1.29 is 14.4 Å². The molecule has 0 spiro atoms. The van der Waals surface area contributed by atoms with Gasteiger partial charge < -0.3 is 9.47 Å². The molecule has 6 heteroatoms. The fourth-order valence-electron chi connectivity index (χ4n) is 4.07. The summed E-state index contributed by atoms with van der Waals surface area (Å²) in [6.45, 7) is 0. The van der Waals surface area contributed by atoms with Crippen molar-refractivity contribution in [3.05, 3.63) is 112 Å². The molecule has 4 aromatic rings. The third kappa shape index (κ3) is 3.47. The normalized spacial score (nSPS) is 17.6. The predicted octanol–water partition coefficient (Wildman–Crippen LogP) is 5.53. The highest BCUT2D eigenvalue weighted by Gasteiger charge is 2.31. The van der Waals surface area contributed by atoms with Crippen LogP contribution >= 0.6 is 0 Å². The maximum absolute atomic E-state index is 11.1. The Bertz CT molecular complexity index is 1250. The van der Waals surface area contributed by atoms with E-state index in [4.69, 9.17) is 9.47 Å². The molecule has 1 aliphatic rings. The number of nitro groups is 1. The SMILES string of the molecule is COc1ccc([C@@H]2N[C@@H](c3ccc([N+](=O)[O-])cc3)c3c(ccc4ccccc34)O2)cc1. The Morgan fingerprint density at radius 1 is 0.903 bits per heavy atom. The number of hydrogen-bond acceptors (Lipinski definition) is 5. The van der Waals surface area contributed by atoms with E-state index in [-0.39, 0.29) is 22.9 Å². The lowest BCUT2D eigenvalue weighted by Gasteiger charge is -2.35. The molecule has 0 bridgehead atoms. The topological polar surface area (TPSA) is 73.6 Å². The van der Waals surface area contributed by atoms with Crippen LogP contribution in [0.25, 0.3) is 10.8 Å². The highest BCUT2D eigenvalue weighted by Crippen LogP contribution is 2.42. The zero-order valence-corrected chi connectivity index (χ0v) is 16.8. The van der Waals surface area contributed by atoms with Gasteiger partial charge in [-0.25, -0.2) is 0 Å². The maximum Gasteiger partial charge on any atom is 0.269 e. The van der Waals surface area contributed by atoms with Crippen LogP contribution in [0.1, 0.15) is 29.0 Å². The molecule has 31 heavy (non-hydrogen) atoms. The van der Waals surface area contributed by atoms with Gasteiger partial charge in [-0.2, -0.15) is 0 Å². The summed E-state index contributed by atoms with van der Waals surface area (Å²) >= 11 is 0. The summed E-state index contributed by atoms with van der Waals surface area (Å²) in [6.07, 6.45) is -0.375. The third-order valence-corrected chi connectivity index (χ3v) is 5.64. The minimum absolute atomic E-state index is 0.0701. The molecule has 0 fully saturated rings. The number of nitrogens with zero attached hydrogens (tertiary/aromatic N) is 1. The van der Waals surface area contributed by atoms with Gasteiger partial charge in [-0.05, 0) is 34.5 Å². The van der Waals surface area contributed by atoms with Gasteiger partial charge in [-0.15, -0.1) is 0 Å². The van der Waals surface area contributed by atoms with E-state index in [2.05, 4.69) is 23.5 Å². The summed E-state index contributed by atoms with van der Waals surface area (Å²) in [5.41, 5.74) is 2.99. The molecule has 1 aliphatic heterocycles. The maximum atomic E-state index is 11.1. The van der Waals surface area contributed by atoms with Crippen LogP contribution in [0.5, 0.6) is 11.5 Å². The van der Waals surface area contributed by atoms with E-state index in [0.29, 0.717) is 0 Å². The molecule has 5 rings (SSSR count). The van der Waals surface area contributed by atoms with Gasteiger partial charge in [0.25, 0.3) is 5.69 Å². The summed E-state index contributed by atoms with van der Waals surface area (Å²) in [7, 11) is 1.64. The van der Waals surface area contributed by atoms with Crippen molar-refractivity contribution in [3.8, 4) is 11.5 Å². The number of ether oxygens (including phenoxy) is 2. The Hall–Kier alpha value is -3.90. The van der Waals surface area contributed by atoms with E-state index in [0.717, 1.165) is 39.0 Å². The van der Waals surface area contributed by atoms with Gasteiger partial charge in [-0.1, -0.05) is 54.6 Å². The van der Waals surface area contributed by atoms with Crippen LogP contribution in [-0.2, 0) is 0 Å². The minimum atomic E-state index is -0.384. The molecule has 4 aromatic carbocycles. The van der Waals surface area contributed by atoms with Gasteiger partial charge >= 0.3 is 0 Å². The summed E-state index contributed by atoms with van der Waals surface area (Å²) in [6, 6.07) is 26.4. The summed E-state index contributed by atoms with van der Waals surface area (Å²) in [5, 5.41) is 16.9. The predicted molar refractivity (Wildman–Crippen MR) is 118 cm³/mol. The van der Waals surface area contributed by atoms with E-state index in [1.165, 1.54) is 0 Å². The second-order valence-electron chi connectivity index (χ2n) is 7.42. The van der Waals surface area contributed by atoms with Crippen molar-refractivity contribution >= 4 is 16.5 Å². The van der Waals surface area contributed by atoms with Crippen LogP contribution in [0.2, 0.25) is 0 Å². The summed E-state index contributed by atoms with van der Waals surface area (Å²) in [4.78, 5) is 10.7. The molecule has 1 heterocycles. The first kappa shape index (κ1) is 19.1. The Labute approximate surface area is 179 Å². The number of benzene rings is 4. The summed E-state index contributed by atoms with van der Waals surface area (Å²) < 4.78 is 11.6. The lowest BCUT2D eigenvalue weighted by Crippen LogP contribution is -2.35. The van der Waals surface area contributed by atoms with E-state index in [9.17, 15) is 10.1 Å². The van der Waals surface area contributed by atoms with E-state index < -0.39 is 0 Å². The van der Waals surface area contributed by atoms with E-state index in [1.807, 2.05) is 42.5 Å². The smallest absolute Gasteiger partial charge is 0.269 e. The Morgan fingerprint density at radius 2 is 1.61 bits per heavy atom. The first-order valence-electron chi connectivity index (χ1n) is 9.97. The van der Waals surface area contributed by atoms with Crippen molar-refractivity contribution in [2.24, 2.45) is 0 Å². The van der Waals surface area contributed by atoms with Gasteiger partial charge in [0.05, 0.1) is 18.1 Å². The molecule has 0 radical (unpaired) electrons. The molecule has 2 atom stereocenters. The van der Waals surface area contributed by atoms with Crippen LogP contribution in [-0.4, -0.2) is 12.0 Å². The molecule has 0 aliphatic carbocycles. The molecule has 0 saturated heterocycles. The van der Waals surface area contributed by atoms with Crippen molar-refractivity contribution in [2.45, 2.75) is 12.3 Å². The fraction of sp³-hybridized carbons (Fsp3) is 0.120.